The topological polar surface area (TPSA) is 43.6 Å². The molecule has 0 spiro atoms. The predicted molar refractivity (Wildman–Crippen MR) is 212 cm³/mol. The van der Waals surface area contributed by atoms with Gasteiger partial charge in [-0.3, -0.25) is 0 Å². The van der Waals surface area contributed by atoms with Gasteiger partial charge >= 0.3 is 0 Å². The Hall–Kier alpha value is -4.09. The molecule has 5 heteroatoms. The number of fused-ring (bicyclic) bond motifs is 7. The van der Waals surface area contributed by atoms with Crippen molar-refractivity contribution in [2.75, 3.05) is 0 Å². The summed E-state index contributed by atoms with van der Waals surface area (Å²) in [6, 6.07) is 31.8. The molecule has 3 heterocycles. The van der Waals surface area contributed by atoms with Crippen molar-refractivity contribution in [1.29, 1.82) is 0 Å². The number of aromatic nitrogens is 4. The first-order valence-electron chi connectivity index (χ1n) is 20.3. The second-order valence-electron chi connectivity index (χ2n) is 18.5. The molecule has 7 aromatic rings. The van der Waals surface area contributed by atoms with Crippen LogP contribution in [0, 0.1) is 35.5 Å². The van der Waals surface area contributed by atoms with Gasteiger partial charge in [0.2, 0.25) is 0 Å². The number of hydrogen-bond acceptors (Lipinski definition) is 4. The van der Waals surface area contributed by atoms with Crippen molar-refractivity contribution in [2.24, 2.45) is 35.5 Å². The zero-order chi connectivity index (χ0) is 33.8. The quantitative estimate of drug-likeness (QED) is 0.184. The predicted octanol–water partition coefficient (Wildman–Crippen LogP) is 11.9. The third-order valence-electron chi connectivity index (χ3n) is 15.2. The molecule has 0 radical (unpaired) electrons. The molecule has 8 saturated carbocycles. The van der Waals surface area contributed by atoms with Gasteiger partial charge in [0.25, 0.3) is 0 Å². The molecule has 15 rings (SSSR count). The summed E-state index contributed by atoms with van der Waals surface area (Å²) in [6.45, 7) is 0. The van der Waals surface area contributed by atoms with Gasteiger partial charge in [0, 0.05) is 53.0 Å². The van der Waals surface area contributed by atoms with Crippen LogP contribution in [0.4, 0.5) is 0 Å². The SMILES string of the molecule is c1cc(-c2nc(C34CC5CC(CC(C5)C3)C4)nc(C34CC5CC(CC(C5)C3)C4)n2)cc(-n2c3ccccc3c3ccc4sc5ccccc5c4c32)c1. The van der Waals surface area contributed by atoms with E-state index >= 15 is 0 Å². The van der Waals surface area contributed by atoms with E-state index in [-0.39, 0.29) is 10.8 Å². The van der Waals surface area contributed by atoms with Crippen molar-refractivity contribution in [1.82, 2.24) is 19.5 Å². The van der Waals surface area contributed by atoms with E-state index in [9.17, 15) is 0 Å². The first-order valence-corrected chi connectivity index (χ1v) is 21.1. The Kier molecular flexibility index (Phi) is 5.83. The summed E-state index contributed by atoms with van der Waals surface area (Å²) in [6.07, 6.45) is 16.3. The molecular weight excluding hydrogens is 653 g/mol. The lowest BCUT2D eigenvalue weighted by molar-refractivity contribution is -0.0155. The van der Waals surface area contributed by atoms with Crippen molar-refractivity contribution >= 4 is 53.3 Å². The fraction of sp³-hybridized carbons (Fsp3) is 0.426. The molecule has 52 heavy (non-hydrogen) atoms. The first kappa shape index (κ1) is 29.4. The number of nitrogens with zero attached hydrogens (tertiary/aromatic N) is 4. The van der Waals surface area contributed by atoms with E-state index in [2.05, 4.69) is 89.5 Å². The average molecular weight is 697 g/mol. The van der Waals surface area contributed by atoms with E-state index in [0.717, 1.165) is 58.5 Å². The van der Waals surface area contributed by atoms with Gasteiger partial charge in [-0.25, -0.2) is 15.0 Å². The van der Waals surface area contributed by atoms with Gasteiger partial charge in [0.15, 0.2) is 5.82 Å². The van der Waals surface area contributed by atoms with Crippen LogP contribution >= 0.6 is 11.3 Å². The molecule has 3 aromatic heterocycles. The first-order chi connectivity index (χ1) is 25.6. The van der Waals surface area contributed by atoms with E-state index in [1.165, 1.54) is 125 Å². The normalized spacial score (nSPS) is 33.0. The largest absolute Gasteiger partial charge is 0.309 e. The molecule has 8 aliphatic rings. The lowest BCUT2D eigenvalue weighted by Crippen LogP contribution is -2.51. The van der Waals surface area contributed by atoms with Gasteiger partial charge < -0.3 is 4.57 Å². The molecule has 0 atom stereocenters. The maximum absolute atomic E-state index is 5.72. The van der Waals surface area contributed by atoms with Crippen molar-refractivity contribution < 1.29 is 0 Å². The van der Waals surface area contributed by atoms with E-state index in [4.69, 9.17) is 15.0 Å². The zero-order valence-corrected chi connectivity index (χ0v) is 30.5. The number of para-hydroxylation sites is 1. The molecule has 8 bridgehead atoms. The van der Waals surface area contributed by atoms with Crippen molar-refractivity contribution in [3.05, 3.63) is 96.6 Å². The lowest BCUT2D eigenvalue weighted by Gasteiger charge is -2.57. The molecule has 4 aromatic carbocycles. The summed E-state index contributed by atoms with van der Waals surface area (Å²) >= 11 is 1.90. The standard InChI is InChI=1S/C47H44N4S/c1-3-10-38-35(8-1)36-12-13-40-41(37-9-2-4-11-39(37)52-40)42(36)51(38)34-7-5-6-33(20-34)43-48-44(46-21-27-14-28(22-46)16-29(15-27)23-46)50-45(49-43)47-24-30-17-31(25-47)19-32(18-30)26-47/h1-13,20,27-32H,14-19,21-26H2. The van der Waals surface area contributed by atoms with Gasteiger partial charge in [-0.05, 0) is 143 Å². The number of rotatable bonds is 4. The summed E-state index contributed by atoms with van der Waals surface area (Å²) in [5.74, 6) is 8.40. The molecule has 0 amide bonds. The Morgan fingerprint density at radius 2 is 1.10 bits per heavy atom. The second kappa shape index (κ2) is 10.3. The summed E-state index contributed by atoms with van der Waals surface area (Å²) in [5.41, 5.74) is 5.13. The number of thiophene rings is 1. The third-order valence-corrected chi connectivity index (χ3v) is 16.3. The number of hydrogen-bond donors (Lipinski definition) is 0. The monoisotopic (exact) mass is 696 g/mol. The molecule has 0 unspecified atom stereocenters. The summed E-state index contributed by atoms with van der Waals surface area (Å²) in [7, 11) is 0. The average Bonchev–Trinajstić information content (AvgIpc) is 3.69. The molecule has 258 valence electrons. The zero-order valence-electron chi connectivity index (χ0n) is 29.7. The fourth-order valence-electron chi connectivity index (χ4n) is 14.1. The summed E-state index contributed by atoms with van der Waals surface area (Å²) < 4.78 is 5.21. The van der Waals surface area contributed by atoms with Crippen LogP contribution in [0.25, 0.3) is 59.1 Å². The fourth-order valence-corrected chi connectivity index (χ4v) is 15.2. The highest BCUT2D eigenvalue weighted by molar-refractivity contribution is 7.26. The second-order valence-corrected chi connectivity index (χ2v) is 19.6. The molecule has 8 aliphatic carbocycles. The minimum absolute atomic E-state index is 0.138. The van der Waals surface area contributed by atoms with Crippen LogP contribution in [-0.4, -0.2) is 19.5 Å². The Morgan fingerprint density at radius 1 is 0.519 bits per heavy atom. The minimum Gasteiger partial charge on any atom is -0.309 e. The van der Waals surface area contributed by atoms with E-state index in [0.29, 0.717) is 0 Å². The van der Waals surface area contributed by atoms with E-state index < -0.39 is 0 Å². The Bertz CT molecular complexity index is 2490. The minimum atomic E-state index is 0.138. The molecular formula is C47H44N4S. The van der Waals surface area contributed by atoms with Crippen LogP contribution in [0.5, 0.6) is 0 Å². The third kappa shape index (κ3) is 4.07. The van der Waals surface area contributed by atoms with Gasteiger partial charge in [-0.15, -0.1) is 11.3 Å². The maximum Gasteiger partial charge on any atom is 0.163 e. The van der Waals surface area contributed by atoms with Crippen LogP contribution in [0.1, 0.15) is 88.7 Å². The number of benzene rings is 4. The summed E-state index contributed by atoms with van der Waals surface area (Å²) in [5, 5.41) is 5.30. The Labute approximate surface area is 308 Å². The van der Waals surface area contributed by atoms with Gasteiger partial charge in [0.1, 0.15) is 11.6 Å². The van der Waals surface area contributed by atoms with Crippen molar-refractivity contribution in [3.63, 3.8) is 0 Å². The molecule has 4 nitrogen and oxygen atoms in total. The Balaban J connectivity index is 1.03. The van der Waals surface area contributed by atoms with E-state index in [1.807, 2.05) is 11.3 Å². The molecule has 0 aliphatic heterocycles. The van der Waals surface area contributed by atoms with Crippen molar-refractivity contribution in [3.8, 4) is 17.1 Å². The molecule has 8 fully saturated rings. The summed E-state index contributed by atoms with van der Waals surface area (Å²) in [4.78, 5) is 17.0. The Morgan fingerprint density at radius 3 is 1.73 bits per heavy atom. The van der Waals surface area contributed by atoms with Gasteiger partial charge in [0.05, 0.1) is 11.0 Å². The smallest absolute Gasteiger partial charge is 0.163 e. The highest BCUT2D eigenvalue weighted by Crippen LogP contribution is 2.62. The highest BCUT2D eigenvalue weighted by Gasteiger charge is 2.56. The highest BCUT2D eigenvalue weighted by atomic mass is 32.1. The van der Waals surface area contributed by atoms with Crippen LogP contribution in [-0.2, 0) is 10.8 Å². The van der Waals surface area contributed by atoms with Crippen molar-refractivity contribution in [2.45, 2.75) is 87.9 Å². The van der Waals surface area contributed by atoms with Crippen LogP contribution in [0.2, 0.25) is 0 Å². The van der Waals surface area contributed by atoms with Crippen LogP contribution in [0.3, 0.4) is 0 Å². The maximum atomic E-state index is 5.72. The van der Waals surface area contributed by atoms with Crippen LogP contribution in [0.15, 0.2) is 84.9 Å². The van der Waals surface area contributed by atoms with Gasteiger partial charge in [-0.1, -0.05) is 54.6 Å². The lowest BCUT2D eigenvalue weighted by atomic mass is 9.49. The molecule has 0 N–H and O–H groups in total. The van der Waals surface area contributed by atoms with Gasteiger partial charge in [-0.2, -0.15) is 0 Å². The molecule has 0 saturated heterocycles. The van der Waals surface area contributed by atoms with E-state index in [1.54, 1.807) is 0 Å². The van der Waals surface area contributed by atoms with Crippen LogP contribution < -0.4 is 0 Å².